The monoisotopic (exact) mass is 218 g/mol. The summed E-state index contributed by atoms with van der Waals surface area (Å²) in [5.74, 6) is -0.499. The van der Waals surface area contributed by atoms with E-state index in [2.05, 4.69) is 10.3 Å². The van der Waals surface area contributed by atoms with Crippen LogP contribution in [0, 0.1) is 5.82 Å². The number of benzene rings is 1. The Labute approximate surface area is 92.3 Å². The molecule has 0 saturated carbocycles. The fourth-order valence-electron chi connectivity index (χ4n) is 1.40. The minimum atomic E-state index is -0.299. The average molecular weight is 218 g/mol. The van der Waals surface area contributed by atoms with Crippen LogP contribution in [0.15, 0.2) is 42.6 Å². The molecule has 0 bridgehead atoms. The molecule has 0 aliphatic carbocycles. The molecule has 82 valence electrons. The molecule has 16 heavy (non-hydrogen) atoms. The molecule has 1 aromatic carbocycles. The summed E-state index contributed by atoms with van der Waals surface area (Å²) < 4.78 is 12.8. The number of nitrogens with one attached hydrogen (secondary N) is 2. The second-order valence-electron chi connectivity index (χ2n) is 3.40. The van der Waals surface area contributed by atoms with Gasteiger partial charge in [-0.1, -0.05) is 12.1 Å². The van der Waals surface area contributed by atoms with Crippen LogP contribution in [0.4, 0.5) is 4.39 Å². The first-order valence-corrected chi connectivity index (χ1v) is 4.92. The molecule has 0 aliphatic rings. The Morgan fingerprint density at radius 3 is 2.88 bits per heavy atom. The highest BCUT2D eigenvalue weighted by Gasteiger charge is 2.04. The van der Waals surface area contributed by atoms with Crippen LogP contribution in [0.5, 0.6) is 0 Å². The summed E-state index contributed by atoms with van der Waals surface area (Å²) in [6.07, 6.45) is 1.68. The Balaban J connectivity index is 1.95. The van der Waals surface area contributed by atoms with Crippen LogP contribution in [0.1, 0.15) is 16.1 Å². The van der Waals surface area contributed by atoms with Crippen molar-refractivity contribution in [1.29, 1.82) is 0 Å². The number of aromatic nitrogens is 1. The lowest BCUT2D eigenvalue weighted by molar-refractivity contribution is 0.0946. The van der Waals surface area contributed by atoms with Crippen LogP contribution >= 0.6 is 0 Å². The third-order valence-electron chi connectivity index (χ3n) is 2.18. The van der Waals surface area contributed by atoms with Crippen LogP contribution in [0.2, 0.25) is 0 Å². The fourth-order valence-corrected chi connectivity index (χ4v) is 1.40. The molecular formula is C12H11FN2O. The predicted molar refractivity (Wildman–Crippen MR) is 58.4 cm³/mol. The molecule has 0 spiro atoms. The number of amides is 1. The molecule has 1 heterocycles. The Morgan fingerprint density at radius 1 is 1.31 bits per heavy atom. The van der Waals surface area contributed by atoms with Crippen molar-refractivity contribution in [2.45, 2.75) is 6.54 Å². The summed E-state index contributed by atoms with van der Waals surface area (Å²) in [6, 6.07) is 9.58. The zero-order chi connectivity index (χ0) is 11.4. The maximum Gasteiger partial charge on any atom is 0.267 e. The summed E-state index contributed by atoms with van der Waals surface area (Å²) >= 11 is 0. The molecule has 0 aliphatic heterocycles. The van der Waals surface area contributed by atoms with Crippen molar-refractivity contribution in [2.24, 2.45) is 0 Å². The van der Waals surface area contributed by atoms with E-state index in [0.29, 0.717) is 12.2 Å². The molecule has 0 fully saturated rings. The first-order valence-electron chi connectivity index (χ1n) is 4.92. The number of carbonyl (C=O) groups excluding carboxylic acids is 1. The van der Waals surface area contributed by atoms with E-state index in [0.717, 1.165) is 5.56 Å². The lowest BCUT2D eigenvalue weighted by atomic mass is 10.2. The van der Waals surface area contributed by atoms with Crippen LogP contribution in [0.3, 0.4) is 0 Å². The van der Waals surface area contributed by atoms with Crippen molar-refractivity contribution in [1.82, 2.24) is 10.3 Å². The van der Waals surface area contributed by atoms with E-state index in [9.17, 15) is 9.18 Å². The normalized spacial score (nSPS) is 10.1. The fraction of sp³-hybridized carbons (Fsp3) is 0.0833. The van der Waals surface area contributed by atoms with Gasteiger partial charge in [0.05, 0.1) is 0 Å². The summed E-state index contributed by atoms with van der Waals surface area (Å²) in [6.45, 7) is 0.315. The van der Waals surface area contributed by atoms with Gasteiger partial charge in [0.15, 0.2) is 0 Å². The molecule has 0 unspecified atom stereocenters. The van der Waals surface area contributed by atoms with Crippen molar-refractivity contribution in [3.63, 3.8) is 0 Å². The van der Waals surface area contributed by atoms with Gasteiger partial charge in [-0.3, -0.25) is 4.79 Å². The Bertz CT molecular complexity index is 480. The van der Waals surface area contributed by atoms with E-state index in [4.69, 9.17) is 0 Å². The zero-order valence-corrected chi connectivity index (χ0v) is 8.53. The van der Waals surface area contributed by atoms with E-state index in [1.165, 1.54) is 12.1 Å². The van der Waals surface area contributed by atoms with Gasteiger partial charge in [0.1, 0.15) is 11.5 Å². The predicted octanol–water partition coefficient (Wildman–Crippen LogP) is 2.08. The quantitative estimate of drug-likeness (QED) is 0.814. The van der Waals surface area contributed by atoms with Gasteiger partial charge in [0.25, 0.3) is 5.91 Å². The first-order chi connectivity index (χ1) is 7.75. The molecule has 2 N–H and O–H groups in total. The van der Waals surface area contributed by atoms with Gasteiger partial charge >= 0.3 is 0 Å². The van der Waals surface area contributed by atoms with Gasteiger partial charge in [-0.05, 0) is 29.8 Å². The summed E-state index contributed by atoms with van der Waals surface area (Å²) in [4.78, 5) is 14.3. The van der Waals surface area contributed by atoms with E-state index >= 15 is 0 Å². The largest absolute Gasteiger partial charge is 0.357 e. The van der Waals surface area contributed by atoms with Gasteiger partial charge in [-0.2, -0.15) is 0 Å². The minimum Gasteiger partial charge on any atom is -0.357 e. The smallest absolute Gasteiger partial charge is 0.267 e. The van der Waals surface area contributed by atoms with Crippen LogP contribution in [-0.4, -0.2) is 10.9 Å². The maximum absolute atomic E-state index is 12.8. The lowest BCUT2D eigenvalue weighted by Crippen LogP contribution is -2.23. The van der Waals surface area contributed by atoms with E-state index in [1.54, 1.807) is 30.5 Å². The van der Waals surface area contributed by atoms with Crippen molar-refractivity contribution in [3.05, 3.63) is 59.7 Å². The number of rotatable bonds is 3. The molecule has 3 nitrogen and oxygen atoms in total. The number of carbonyl (C=O) groups is 1. The van der Waals surface area contributed by atoms with Gasteiger partial charge < -0.3 is 10.3 Å². The number of hydrogen-bond donors (Lipinski definition) is 2. The zero-order valence-electron chi connectivity index (χ0n) is 8.53. The third-order valence-corrected chi connectivity index (χ3v) is 2.18. The Kier molecular flexibility index (Phi) is 3.00. The molecule has 1 amide bonds. The molecule has 2 rings (SSSR count). The van der Waals surface area contributed by atoms with Crippen LogP contribution in [-0.2, 0) is 6.54 Å². The third kappa shape index (κ3) is 2.48. The van der Waals surface area contributed by atoms with E-state index in [1.807, 2.05) is 0 Å². The van der Waals surface area contributed by atoms with E-state index < -0.39 is 0 Å². The molecule has 1 aromatic heterocycles. The highest BCUT2D eigenvalue weighted by Crippen LogP contribution is 2.03. The van der Waals surface area contributed by atoms with Crippen molar-refractivity contribution in [2.75, 3.05) is 0 Å². The molecule has 0 radical (unpaired) electrons. The summed E-state index contributed by atoms with van der Waals surface area (Å²) in [5, 5.41) is 2.69. The van der Waals surface area contributed by atoms with Crippen LogP contribution < -0.4 is 5.32 Å². The number of aromatic amines is 1. The summed E-state index contributed by atoms with van der Waals surface area (Å²) in [7, 11) is 0. The van der Waals surface area contributed by atoms with Crippen molar-refractivity contribution >= 4 is 5.91 Å². The minimum absolute atomic E-state index is 0.200. The molecule has 4 heteroatoms. The van der Waals surface area contributed by atoms with Crippen molar-refractivity contribution in [3.8, 4) is 0 Å². The van der Waals surface area contributed by atoms with Gasteiger partial charge in [-0.15, -0.1) is 0 Å². The van der Waals surface area contributed by atoms with Crippen molar-refractivity contribution < 1.29 is 9.18 Å². The van der Waals surface area contributed by atoms with Gasteiger partial charge in [0.2, 0.25) is 0 Å². The molecule has 0 atom stereocenters. The second kappa shape index (κ2) is 4.61. The number of hydrogen-bond acceptors (Lipinski definition) is 1. The van der Waals surface area contributed by atoms with E-state index in [-0.39, 0.29) is 11.7 Å². The highest BCUT2D eigenvalue weighted by atomic mass is 19.1. The van der Waals surface area contributed by atoms with Gasteiger partial charge in [-0.25, -0.2) is 4.39 Å². The SMILES string of the molecule is O=C(NCc1cccc(F)c1)c1ccc[nH]1. The number of H-pyrrole nitrogens is 1. The Hall–Kier alpha value is -2.10. The lowest BCUT2D eigenvalue weighted by Gasteiger charge is -2.03. The van der Waals surface area contributed by atoms with Crippen LogP contribution in [0.25, 0.3) is 0 Å². The standard InChI is InChI=1S/C12H11FN2O/c13-10-4-1-3-9(7-10)8-15-12(16)11-5-2-6-14-11/h1-7,14H,8H2,(H,15,16). The average Bonchev–Trinajstić information content (AvgIpc) is 2.79. The highest BCUT2D eigenvalue weighted by molar-refractivity contribution is 5.92. The Morgan fingerprint density at radius 2 is 2.19 bits per heavy atom. The maximum atomic E-state index is 12.8. The topological polar surface area (TPSA) is 44.9 Å². The van der Waals surface area contributed by atoms with Gasteiger partial charge in [0, 0.05) is 12.7 Å². The number of halogens is 1. The summed E-state index contributed by atoms with van der Waals surface area (Å²) in [5.41, 5.74) is 1.23. The second-order valence-corrected chi connectivity index (χ2v) is 3.40. The molecule has 2 aromatic rings. The molecular weight excluding hydrogens is 207 g/mol. The molecule has 0 saturated heterocycles. The first kappa shape index (κ1) is 10.4.